The normalized spacial score (nSPS) is 21.6. The Balaban J connectivity index is 0.000000994. The summed E-state index contributed by atoms with van der Waals surface area (Å²) in [6.45, 7) is 35.0. The SMILES string of the molecule is C=O.CCC.CCC.CN(CCN1CCCC1)C(=O)C(NC(=O)C1CCCCN1C)C(C)(C)C.CN(CCN1CCCC1)C(=O)C(NC(=O)C1CCCCN1C)C(C)(C)C.CN1CCCC1. The lowest BCUT2D eigenvalue weighted by Crippen LogP contribution is -2.58. The van der Waals surface area contributed by atoms with Crippen LogP contribution in [0.1, 0.15) is 159 Å². The average Bonchev–Trinajstić information content (AvgIpc) is 4.10. The van der Waals surface area contributed by atoms with E-state index in [9.17, 15) is 19.2 Å². The minimum absolute atomic E-state index is 0.00609. The van der Waals surface area contributed by atoms with Crippen LogP contribution in [0.15, 0.2) is 0 Å². The van der Waals surface area contributed by atoms with Crippen LogP contribution in [0.25, 0.3) is 0 Å². The number of amides is 4. The van der Waals surface area contributed by atoms with E-state index in [1.54, 1.807) is 9.80 Å². The number of carbonyl (C=O) groups is 5. The number of carbonyl (C=O) groups excluding carboxylic acids is 5. The molecular formula is C52H105N9O5. The largest absolute Gasteiger partial charge is 0.343 e. The van der Waals surface area contributed by atoms with Crippen molar-refractivity contribution in [3.8, 4) is 0 Å². The van der Waals surface area contributed by atoms with Crippen LogP contribution < -0.4 is 10.6 Å². The summed E-state index contributed by atoms with van der Waals surface area (Å²) in [5.41, 5.74) is -0.635. The van der Waals surface area contributed by atoms with Crippen molar-refractivity contribution in [2.45, 2.75) is 183 Å². The highest BCUT2D eigenvalue weighted by Gasteiger charge is 2.39. The zero-order valence-electron chi connectivity index (χ0n) is 45.6. The lowest BCUT2D eigenvalue weighted by Gasteiger charge is -2.37. The van der Waals surface area contributed by atoms with Gasteiger partial charge in [0, 0.05) is 40.3 Å². The summed E-state index contributed by atoms with van der Waals surface area (Å²) in [6.07, 6.45) is 16.5. The lowest BCUT2D eigenvalue weighted by molar-refractivity contribution is -0.140. The molecule has 5 aliphatic rings. The zero-order valence-corrected chi connectivity index (χ0v) is 45.6. The van der Waals surface area contributed by atoms with Crippen molar-refractivity contribution in [3.63, 3.8) is 0 Å². The Kier molecular flexibility index (Phi) is 33.2. The molecule has 5 fully saturated rings. The van der Waals surface area contributed by atoms with E-state index in [2.05, 4.69) is 69.9 Å². The average molecular weight is 936 g/mol. The molecule has 14 nitrogen and oxygen atoms in total. The number of nitrogens with zero attached hydrogens (tertiary/aromatic N) is 7. The van der Waals surface area contributed by atoms with Gasteiger partial charge in [-0.25, -0.2) is 0 Å². The van der Waals surface area contributed by atoms with Gasteiger partial charge in [-0.3, -0.25) is 29.0 Å². The molecule has 0 radical (unpaired) electrons. The molecule has 0 bridgehead atoms. The number of hydrogen-bond donors (Lipinski definition) is 2. The summed E-state index contributed by atoms with van der Waals surface area (Å²) in [6, 6.07) is -1.21. The van der Waals surface area contributed by atoms with E-state index in [-0.39, 0.29) is 46.5 Å². The summed E-state index contributed by atoms with van der Waals surface area (Å²) in [4.78, 5) is 74.8. The lowest BCUT2D eigenvalue weighted by atomic mass is 9.85. The molecule has 5 aliphatic heterocycles. The first-order chi connectivity index (χ1) is 31.1. The van der Waals surface area contributed by atoms with Crippen molar-refractivity contribution in [1.82, 2.24) is 44.9 Å². The van der Waals surface area contributed by atoms with E-state index in [0.717, 1.165) is 90.9 Å². The summed E-state index contributed by atoms with van der Waals surface area (Å²) in [5, 5.41) is 6.16. The van der Waals surface area contributed by atoms with E-state index in [0.29, 0.717) is 13.1 Å². The maximum Gasteiger partial charge on any atom is 0.245 e. The van der Waals surface area contributed by atoms with Gasteiger partial charge in [-0.05, 0) is 149 Å². The number of likely N-dealkylation sites (N-methyl/N-ethyl adjacent to an activating group) is 4. The number of rotatable bonds is 12. The summed E-state index contributed by atoms with van der Waals surface area (Å²) in [7, 11) is 9.89. The third kappa shape index (κ3) is 25.1. The molecule has 0 aromatic heterocycles. The Morgan fingerprint density at radius 1 is 0.515 bits per heavy atom. The first-order valence-electron chi connectivity index (χ1n) is 26.1. The first kappa shape index (κ1) is 63.4. The molecule has 0 aliphatic carbocycles. The van der Waals surface area contributed by atoms with E-state index in [1.165, 1.54) is 64.5 Å². The van der Waals surface area contributed by atoms with Gasteiger partial charge in [-0.15, -0.1) is 0 Å². The van der Waals surface area contributed by atoms with E-state index in [4.69, 9.17) is 4.79 Å². The fourth-order valence-corrected chi connectivity index (χ4v) is 8.72. The predicted octanol–water partition coefficient (Wildman–Crippen LogP) is 6.47. The standard InChI is InChI=1S/2C20H38N4O2.C5H11N.2C3H8.CH2O/c2*1-20(2,3)17(21-18(25)16-10-6-7-11-22(16)4)19(26)23(5)14-15-24-12-8-9-13-24;1-6-4-2-3-5-6;2*1-3-2;1-2/h2*16-17H,6-15H2,1-5H3,(H,21,25);2-5H2,1H3;2*3H2,1-2H3;1H2. The van der Waals surface area contributed by atoms with Crippen LogP contribution in [0.5, 0.6) is 0 Å². The molecule has 5 heterocycles. The number of likely N-dealkylation sites (tertiary alicyclic amines) is 5. The Morgan fingerprint density at radius 2 is 0.788 bits per heavy atom. The minimum Gasteiger partial charge on any atom is -0.343 e. The molecule has 0 spiro atoms. The minimum atomic E-state index is -0.492. The Labute approximate surface area is 406 Å². The monoisotopic (exact) mass is 936 g/mol. The molecule has 0 saturated carbocycles. The molecule has 66 heavy (non-hydrogen) atoms. The molecule has 2 N–H and O–H groups in total. The van der Waals surface area contributed by atoms with Crippen LogP contribution >= 0.6 is 0 Å². The van der Waals surface area contributed by atoms with Crippen molar-refractivity contribution in [2.75, 3.05) is 114 Å². The molecule has 388 valence electrons. The van der Waals surface area contributed by atoms with Gasteiger partial charge in [-0.1, -0.05) is 94.9 Å². The Morgan fingerprint density at radius 3 is 1.03 bits per heavy atom. The molecule has 4 unspecified atom stereocenters. The highest BCUT2D eigenvalue weighted by atomic mass is 16.2. The second kappa shape index (κ2) is 34.6. The quantitative estimate of drug-likeness (QED) is 0.225. The third-order valence-corrected chi connectivity index (χ3v) is 12.9. The van der Waals surface area contributed by atoms with Crippen molar-refractivity contribution in [2.24, 2.45) is 10.8 Å². The van der Waals surface area contributed by atoms with E-state index >= 15 is 0 Å². The zero-order chi connectivity index (χ0) is 50.5. The van der Waals surface area contributed by atoms with Gasteiger partial charge < -0.3 is 39.9 Å². The first-order valence-corrected chi connectivity index (χ1v) is 26.1. The maximum absolute atomic E-state index is 13.1. The third-order valence-electron chi connectivity index (χ3n) is 12.9. The fourth-order valence-electron chi connectivity index (χ4n) is 8.72. The second-order valence-corrected chi connectivity index (χ2v) is 21.6. The Hall–Kier alpha value is -2.65. The summed E-state index contributed by atoms with van der Waals surface area (Å²) in [5.74, 6) is 0.0221. The van der Waals surface area contributed by atoms with E-state index < -0.39 is 12.1 Å². The second-order valence-electron chi connectivity index (χ2n) is 21.6. The Bertz CT molecular complexity index is 1220. The number of hydrogen-bond acceptors (Lipinski definition) is 10. The van der Waals surface area contributed by atoms with Crippen LogP contribution in [0.2, 0.25) is 0 Å². The molecule has 4 atom stereocenters. The van der Waals surface area contributed by atoms with Crippen molar-refractivity contribution < 1.29 is 24.0 Å². The van der Waals surface area contributed by atoms with E-state index in [1.807, 2.05) is 76.5 Å². The van der Waals surface area contributed by atoms with Crippen molar-refractivity contribution in [1.29, 1.82) is 0 Å². The van der Waals surface area contributed by atoms with Crippen LogP contribution in [0, 0.1) is 10.8 Å². The fraction of sp³-hybridized carbons (Fsp3) is 0.904. The van der Waals surface area contributed by atoms with Gasteiger partial charge in [0.25, 0.3) is 0 Å². The molecular weight excluding hydrogens is 831 g/mol. The molecule has 5 rings (SSSR count). The van der Waals surface area contributed by atoms with Gasteiger partial charge in [0.15, 0.2) is 0 Å². The van der Waals surface area contributed by atoms with Crippen LogP contribution in [0.4, 0.5) is 0 Å². The van der Waals surface area contributed by atoms with Crippen LogP contribution in [0.3, 0.4) is 0 Å². The van der Waals surface area contributed by atoms with Crippen LogP contribution in [-0.4, -0.2) is 203 Å². The highest BCUT2D eigenvalue weighted by Crippen LogP contribution is 2.24. The summed E-state index contributed by atoms with van der Waals surface area (Å²) < 4.78 is 0. The van der Waals surface area contributed by atoms with Gasteiger partial charge in [-0.2, -0.15) is 0 Å². The van der Waals surface area contributed by atoms with Gasteiger partial charge in [0.2, 0.25) is 23.6 Å². The maximum atomic E-state index is 13.1. The van der Waals surface area contributed by atoms with Gasteiger partial charge >= 0.3 is 0 Å². The highest BCUT2D eigenvalue weighted by molar-refractivity contribution is 5.91. The molecule has 4 amide bonds. The van der Waals surface area contributed by atoms with Crippen molar-refractivity contribution >= 4 is 30.4 Å². The molecule has 0 aromatic rings. The van der Waals surface area contributed by atoms with Gasteiger partial charge in [0.05, 0.1) is 12.1 Å². The molecule has 14 heteroatoms. The summed E-state index contributed by atoms with van der Waals surface area (Å²) >= 11 is 0. The topological polar surface area (TPSA) is 132 Å². The smallest absolute Gasteiger partial charge is 0.245 e. The van der Waals surface area contributed by atoms with Crippen molar-refractivity contribution in [3.05, 3.63) is 0 Å². The van der Waals surface area contributed by atoms with Gasteiger partial charge in [0.1, 0.15) is 18.9 Å². The molecule has 0 aromatic carbocycles. The number of nitrogens with one attached hydrogen (secondary N) is 2. The predicted molar refractivity (Wildman–Crippen MR) is 276 cm³/mol. The van der Waals surface area contributed by atoms with Crippen LogP contribution in [-0.2, 0) is 24.0 Å². The number of piperidine rings is 2. The molecule has 5 saturated heterocycles.